The molecule has 0 aromatic rings. The highest BCUT2D eigenvalue weighted by Gasteiger charge is 2.01. The van der Waals surface area contributed by atoms with E-state index in [2.05, 4.69) is 10.3 Å². The molecule has 0 aliphatic heterocycles. The Morgan fingerprint density at radius 3 is 2.17 bits per heavy atom. The van der Waals surface area contributed by atoms with E-state index >= 15 is 0 Å². The Morgan fingerprint density at radius 1 is 1.33 bits per heavy atom. The molecule has 0 rings (SSSR count). The first-order chi connectivity index (χ1) is 5.49. The number of primary amides is 1. The minimum absolute atomic E-state index is 0.546. The molecule has 0 heterocycles. The highest BCUT2D eigenvalue weighted by Crippen LogP contribution is 2.01. The third-order valence-corrected chi connectivity index (χ3v) is 1.75. The summed E-state index contributed by atoms with van der Waals surface area (Å²) >= 11 is 0. The molecule has 4 heteroatoms. The van der Waals surface area contributed by atoms with Crippen molar-refractivity contribution in [1.29, 1.82) is 0 Å². The maximum absolute atomic E-state index is 10.5. The third kappa shape index (κ3) is 3.18. The first-order valence-electron chi connectivity index (χ1n) is 3.66. The van der Waals surface area contributed by atoms with Crippen molar-refractivity contribution < 1.29 is 4.79 Å². The number of allylic oxidation sites excluding steroid dienone is 2. The zero-order valence-corrected chi connectivity index (χ0v) is 7.93. The molecule has 0 saturated heterocycles. The summed E-state index contributed by atoms with van der Waals surface area (Å²) in [6.45, 7) is 5.55. The fourth-order valence-corrected chi connectivity index (χ4v) is 0.718. The molecule has 0 radical (unpaired) electrons. The number of hydrogen-bond donors (Lipinski definition) is 2. The molecule has 0 aliphatic rings. The first-order valence-corrected chi connectivity index (χ1v) is 3.66. The van der Waals surface area contributed by atoms with Gasteiger partial charge in [0.15, 0.2) is 0 Å². The highest BCUT2D eigenvalue weighted by atomic mass is 16.2. The molecule has 2 amide bonds. The van der Waals surface area contributed by atoms with E-state index in [-0.39, 0.29) is 0 Å². The number of hydrogen-bond acceptors (Lipinski definition) is 2. The summed E-state index contributed by atoms with van der Waals surface area (Å²) in [7, 11) is 1.70. The number of urea groups is 1. The summed E-state index contributed by atoms with van der Waals surface area (Å²) in [6, 6.07) is -0.546. The zero-order valence-electron chi connectivity index (χ0n) is 7.93. The number of carbonyl (C=O) groups is 1. The average molecular weight is 169 g/mol. The van der Waals surface area contributed by atoms with Crippen LogP contribution in [0.25, 0.3) is 0 Å². The Morgan fingerprint density at radius 2 is 1.83 bits per heavy atom. The van der Waals surface area contributed by atoms with Gasteiger partial charge in [-0.25, -0.2) is 4.79 Å². The van der Waals surface area contributed by atoms with Crippen LogP contribution in [0.15, 0.2) is 16.3 Å². The molecule has 12 heavy (non-hydrogen) atoms. The lowest BCUT2D eigenvalue weighted by atomic mass is 10.1. The van der Waals surface area contributed by atoms with Gasteiger partial charge in [0.1, 0.15) is 0 Å². The van der Waals surface area contributed by atoms with Crippen molar-refractivity contribution in [3.8, 4) is 0 Å². The molecule has 0 aromatic heterocycles. The largest absolute Gasteiger partial charge is 0.351 e. The second-order valence-electron chi connectivity index (χ2n) is 2.55. The zero-order chi connectivity index (χ0) is 9.72. The van der Waals surface area contributed by atoms with Gasteiger partial charge in [0, 0.05) is 18.5 Å². The van der Waals surface area contributed by atoms with E-state index in [9.17, 15) is 4.79 Å². The van der Waals surface area contributed by atoms with Crippen LogP contribution in [0.4, 0.5) is 4.79 Å². The number of nitrogens with two attached hydrogens (primary N) is 1. The van der Waals surface area contributed by atoms with Crippen molar-refractivity contribution >= 4 is 11.7 Å². The minimum Gasteiger partial charge on any atom is -0.351 e. The Bertz CT molecular complexity index is 241. The van der Waals surface area contributed by atoms with Crippen LogP contribution in [0.2, 0.25) is 0 Å². The van der Waals surface area contributed by atoms with Crippen molar-refractivity contribution in [2.75, 3.05) is 7.05 Å². The molecule has 0 saturated carbocycles. The molecule has 0 bridgehead atoms. The van der Waals surface area contributed by atoms with Gasteiger partial charge in [0.2, 0.25) is 0 Å². The Labute approximate surface area is 72.6 Å². The lowest BCUT2D eigenvalue weighted by Crippen LogP contribution is -2.28. The van der Waals surface area contributed by atoms with Crippen LogP contribution < -0.4 is 11.1 Å². The number of aliphatic imine (C=N–C) groups is 1. The lowest BCUT2D eigenvalue weighted by Gasteiger charge is -2.06. The van der Waals surface area contributed by atoms with Crippen molar-refractivity contribution in [2.45, 2.75) is 20.8 Å². The van der Waals surface area contributed by atoms with Crippen LogP contribution in [0.3, 0.4) is 0 Å². The van der Waals surface area contributed by atoms with E-state index in [1.807, 2.05) is 13.8 Å². The summed E-state index contributed by atoms with van der Waals surface area (Å²) in [4.78, 5) is 14.4. The van der Waals surface area contributed by atoms with Crippen LogP contribution in [-0.2, 0) is 0 Å². The van der Waals surface area contributed by atoms with E-state index in [1.165, 1.54) is 0 Å². The molecule has 0 spiro atoms. The SMILES string of the molecule is CN=C(C)/C(C)=C(\C)NC(N)=O. The number of amides is 2. The smallest absolute Gasteiger partial charge is 0.316 e. The molecule has 0 aromatic carbocycles. The van der Waals surface area contributed by atoms with Gasteiger partial charge >= 0.3 is 6.03 Å². The topological polar surface area (TPSA) is 67.5 Å². The third-order valence-electron chi connectivity index (χ3n) is 1.75. The van der Waals surface area contributed by atoms with E-state index in [4.69, 9.17) is 5.73 Å². The summed E-state index contributed by atoms with van der Waals surface area (Å²) in [5.41, 5.74) is 7.52. The van der Waals surface area contributed by atoms with Crippen molar-refractivity contribution in [3.05, 3.63) is 11.3 Å². The van der Waals surface area contributed by atoms with Gasteiger partial charge in [0.05, 0.1) is 0 Å². The molecular weight excluding hydrogens is 154 g/mol. The maximum atomic E-state index is 10.5. The average Bonchev–Trinajstić information content (AvgIpc) is 2.00. The summed E-state index contributed by atoms with van der Waals surface area (Å²) in [5, 5.41) is 2.50. The number of nitrogens with one attached hydrogen (secondary N) is 1. The first kappa shape index (κ1) is 10.7. The van der Waals surface area contributed by atoms with E-state index in [0.29, 0.717) is 0 Å². The molecule has 0 unspecified atom stereocenters. The highest BCUT2D eigenvalue weighted by molar-refractivity contribution is 5.98. The standard InChI is InChI=1S/C8H15N3O/c1-5(6(2)10-4)7(3)11-8(9)12/h1-4H3,(H3,9,11,12)/b7-5+,10-6?. The summed E-state index contributed by atoms with van der Waals surface area (Å²) in [6.07, 6.45) is 0. The Kier molecular flexibility index (Phi) is 4.04. The second kappa shape index (κ2) is 4.54. The molecular formula is C8H15N3O. The maximum Gasteiger partial charge on any atom is 0.316 e. The number of nitrogens with zero attached hydrogens (tertiary/aromatic N) is 1. The molecule has 0 aliphatic carbocycles. The molecule has 3 N–H and O–H groups in total. The van der Waals surface area contributed by atoms with Gasteiger partial charge in [-0.1, -0.05) is 0 Å². The molecule has 0 fully saturated rings. The van der Waals surface area contributed by atoms with Crippen LogP contribution in [-0.4, -0.2) is 18.8 Å². The van der Waals surface area contributed by atoms with Crippen LogP contribution in [0.5, 0.6) is 0 Å². The van der Waals surface area contributed by atoms with Crippen LogP contribution >= 0.6 is 0 Å². The van der Waals surface area contributed by atoms with Crippen molar-refractivity contribution in [1.82, 2.24) is 5.32 Å². The Balaban J connectivity index is 4.57. The van der Waals surface area contributed by atoms with Crippen molar-refractivity contribution in [2.24, 2.45) is 10.7 Å². The normalized spacial score (nSPS) is 13.8. The van der Waals surface area contributed by atoms with Gasteiger partial charge in [-0.3, -0.25) is 4.99 Å². The monoisotopic (exact) mass is 169 g/mol. The lowest BCUT2D eigenvalue weighted by molar-refractivity contribution is 0.251. The predicted molar refractivity (Wildman–Crippen MR) is 50.1 cm³/mol. The van der Waals surface area contributed by atoms with E-state index in [0.717, 1.165) is 17.0 Å². The second-order valence-corrected chi connectivity index (χ2v) is 2.55. The van der Waals surface area contributed by atoms with Gasteiger partial charge < -0.3 is 11.1 Å². The fourth-order valence-electron chi connectivity index (χ4n) is 0.718. The van der Waals surface area contributed by atoms with Gasteiger partial charge in [-0.2, -0.15) is 0 Å². The molecule has 68 valence electrons. The fraction of sp³-hybridized carbons (Fsp3) is 0.500. The summed E-state index contributed by atoms with van der Waals surface area (Å²) < 4.78 is 0. The van der Waals surface area contributed by atoms with Gasteiger partial charge in [-0.15, -0.1) is 0 Å². The van der Waals surface area contributed by atoms with Gasteiger partial charge in [0.25, 0.3) is 0 Å². The quantitative estimate of drug-likeness (QED) is 0.596. The number of carbonyl (C=O) groups excluding carboxylic acids is 1. The van der Waals surface area contributed by atoms with Crippen LogP contribution in [0, 0.1) is 0 Å². The minimum atomic E-state index is -0.546. The number of rotatable bonds is 2. The van der Waals surface area contributed by atoms with E-state index in [1.54, 1.807) is 14.0 Å². The molecule has 4 nitrogen and oxygen atoms in total. The van der Waals surface area contributed by atoms with E-state index < -0.39 is 6.03 Å². The Hall–Kier alpha value is -1.32. The van der Waals surface area contributed by atoms with Gasteiger partial charge in [-0.05, 0) is 26.3 Å². The van der Waals surface area contributed by atoms with Crippen molar-refractivity contribution in [3.63, 3.8) is 0 Å². The van der Waals surface area contributed by atoms with Crippen LogP contribution in [0.1, 0.15) is 20.8 Å². The summed E-state index contributed by atoms with van der Waals surface area (Å²) in [5.74, 6) is 0. The molecule has 0 atom stereocenters. The predicted octanol–water partition coefficient (Wildman–Crippen LogP) is 1.04.